The highest BCUT2D eigenvalue weighted by molar-refractivity contribution is 7.92. The maximum Gasteiger partial charge on any atom is 0.232 e. The molecule has 1 aliphatic rings. The molecule has 6 nitrogen and oxygen atoms in total. The van der Waals surface area contributed by atoms with E-state index in [2.05, 4.69) is 15.0 Å². The van der Waals surface area contributed by atoms with Crippen LogP contribution in [0.3, 0.4) is 0 Å². The van der Waals surface area contributed by atoms with Crippen molar-refractivity contribution in [3.63, 3.8) is 0 Å². The van der Waals surface area contributed by atoms with Crippen molar-refractivity contribution in [3.05, 3.63) is 18.3 Å². The van der Waals surface area contributed by atoms with Crippen molar-refractivity contribution in [1.29, 1.82) is 0 Å². The van der Waals surface area contributed by atoms with Crippen molar-refractivity contribution < 1.29 is 13.2 Å². The van der Waals surface area contributed by atoms with Gasteiger partial charge in [0, 0.05) is 6.07 Å². The molecule has 0 radical (unpaired) electrons. The molecule has 0 unspecified atom stereocenters. The number of anilines is 1. The van der Waals surface area contributed by atoms with Gasteiger partial charge >= 0.3 is 0 Å². The van der Waals surface area contributed by atoms with Crippen LogP contribution in [0.1, 0.15) is 19.8 Å². The third-order valence-electron chi connectivity index (χ3n) is 2.96. The standard InChI is InChI=1S/C12H19N3O3S/c1-2-19(16,17)15-10-3-4-12(14-9-10)18-11-5-7-13-8-6-11/h3-4,9,11,13,15H,2,5-8H2,1H3. The molecule has 106 valence electrons. The molecule has 0 aliphatic carbocycles. The van der Waals surface area contributed by atoms with Crippen LogP contribution in [-0.4, -0.2) is 38.3 Å². The first-order valence-corrected chi connectivity index (χ1v) is 8.08. The molecule has 0 spiro atoms. The minimum Gasteiger partial charge on any atom is -0.474 e. The minimum absolute atomic E-state index is 0.0420. The van der Waals surface area contributed by atoms with Crippen LogP contribution in [0.25, 0.3) is 0 Å². The lowest BCUT2D eigenvalue weighted by atomic mass is 10.1. The van der Waals surface area contributed by atoms with Crippen molar-refractivity contribution in [3.8, 4) is 5.88 Å². The molecule has 2 N–H and O–H groups in total. The summed E-state index contributed by atoms with van der Waals surface area (Å²) in [5, 5.41) is 3.26. The summed E-state index contributed by atoms with van der Waals surface area (Å²) in [6.07, 6.45) is 3.59. The van der Waals surface area contributed by atoms with E-state index < -0.39 is 10.0 Å². The first-order chi connectivity index (χ1) is 9.09. The van der Waals surface area contributed by atoms with Crippen LogP contribution in [-0.2, 0) is 10.0 Å². The summed E-state index contributed by atoms with van der Waals surface area (Å²) in [4.78, 5) is 4.12. The highest BCUT2D eigenvalue weighted by Crippen LogP contribution is 2.17. The maximum atomic E-state index is 11.4. The van der Waals surface area contributed by atoms with Gasteiger partial charge in [-0.25, -0.2) is 13.4 Å². The summed E-state index contributed by atoms with van der Waals surface area (Å²) in [5.74, 6) is 0.576. The first kappa shape index (κ1) is 14.1. The SMILES string of the molecule is CCS(=O)(=O)Nc1ccc(OC2CCNCC2)nc1. The summed E-state index contributed by atoms with van der Waals surface area (Å²) in [6.45, 7) is 3.50. The van der Waals surface area contributed by atoms with Crippen molar-refractivity contribution in [2.24, 2.45) is 0 Å². The van der Waals surface area contributed by atoms with Gasteiger partial charge in [0.25, 0.3) is 0 Å². The molecule has 1 fully saturated rings. The second kappa shape index (κ2) is 6.21. The van der Waals surface area contributed by atoms with Crippen molar-refractivity contribution in [2.45, 2.75) is 25.9 Å². The van der Waals surface area contributed by atoms with Gasteiger partial charge in [-0.05, 0) is 38.9 Å². The van der Waals surface area contributed by atoms with Crippen LogP contribution in [0.2, 0.25) is 0 Å². The lowest BCUT2D eigenvalue weighted by Gasteiger charge is -2.23. The number of nitrogens with one attached hydrogen (secondary N) is 2. The van der Waals surface area contributed by atoms with Gasteiger partial charge in [0.05, 0.1) is 17.6 Å². The molecule has 1 aromatic heterocycles. The number of aromatic nitrogens is 1. The van der Waals surface area contributed by atoms with Crippen LogP contribution >= 0.6 is 0 Å². The zero-order chi connectivity index (χ0) is 13.7. The molecular weight excluding hydrogens is 266 g/mol. The summed E-state index contributed by atoms with van der Waals surface area (Å²) in [5.41, 5.74) is 0.458. The van der Waals surface area contributed by atoms with Gasteiger partial charge < -0.3 is 10.1 Å². The zero-order valence-electron chi connectivity index (χ0n) is 10.9. The van der Waals surface area contributed by atoms with E-state index in [0.29, 0.717) is 11.6 Å². The number of pyridine rings is 1. The molecule has 0 amide bonds. The molecule has 1 saturated heterocycles. The summed E-state index contributed by atoms with van der Waals surface area (Å²) in [6, 6.07) is 3.35. The average molecular weight is 285 g/mol. The Morgan fingerprint density at radius 3 is 2.74 bits per heavy atom. The molecule has 2 rings (SSSR count). The van der Waals surface area contributed by atoms with Crippen LogP contribution < -0.4 is 14.8 Å². The lowest BCUT2D eigenvalue weighted by molar-refractivity contribution is 0.156. The maximum absolute atomic E-state index is 11.4. The van der Waals surface area contributed by atoms with E-state index in [-0.39, 0.29) is 11.9 Å². The quantitative estimate of drug-likeness (QED) is 0.843. The van der Waals surface area contributed by atoms with Gasteiger partial charge in [0.2, 0.25) is 15.9 Å². The van der Waals surface area contributed by atoms with E-state index in [4.69, 9.17) is 4.74 Å². The molecule has 19 heavy (non-hydrogen) atoms. The Bertz CT molecular complexity index is 495. The highest BCUT2D eigenvalue weighted by Gasteiger charge is 2.15. The van der Waals surface area contributed by atoms with Gasteiger partial charge in [-0.3, -0.25) is 4.72 Å². The minimum atomic E-state index is -3.25. The second-order valence-electron chi connectivity index (χ2n) is 4.46. The Balaban J connectivity index is 1.94. The monoisotopic (exact) mass is 285 g/mol. The fraction of sp³-hybridized carbons (Fsp3) is 0.583. The largest absolute Gasteiger partial charge is 0.474 e. The van der Waals surface area contributed by atoms with Gasteiger partial charge in [-0.15, -0.1) is 0 Å². The number of nitrogens with zero attached hydrogens (tertiary/aromatic N) is 1. The Morgan fingerprint density at radius 1 is 1.42 bits per heavy atom. The number of sulfonamides is 1. The molecular formula is C12H19N3O3S. The van der Waals surface area contributed by atoms with E-state index in [0.717, 1.165) is 25.9 Å². The number of hydrogen-bond donors (Lipinski definition) is 2. The zero-order valence-corrected chi connectivity index (χ0v) is 11.7. The van der Waals surface area contributed by atoms with Gasteiger partial charge in [-0.2, -0.15) is 0 Å². The summed E-state index contributed by atoms with van der Waals surface area (Å²) < 4.78 is 31.0. The van der Waals surface area contributed by atoms with E-state index in [1.165, 1.54) is 6.20 Å². The van der Waals surface area contributed by atoms with Crippen LogP contribution in [0.15, 0.2) is 18.3 Å². The number of piperidine rings is 1. The van der Waals surface area contributed by atoms with E-state index in [9.17, 15) is 8.42 Å². The highest BCUT2D eigenvalue weighted by atomic mass is 32.2. The molecule has 2 heterocycles. The molecule has 0 aromatic carbocycles. The number of ether oxygens (including phenoxy) is 1. The van der Waals surface area contributed by atoms with Gasteiger partial charge in [0.1, 0.15) is 6.10 Å². The predicted octanol–water partition coefficient (Wildman–Crippen LogP) is 0.974. The van der Waals surface area contributed by atoms with Gasteiger partial charge in [0.15, 0.2) is 0 Å². The van der Waals surface area contributed by atoms with Gasteiger partial charge in [-0.1, -0.05) is 0 Å². The first-order valence-electron chi connectivity index (χ1n) is 6.43. The van der Waals surface area contributed by atoms with Crippen molar-refractivity contribution in [2.75, 3.05) is 23.6 Å². The summed E-state index contributed by atoms with van der Waals surface area (Å²) in [7, 11) is -3.25. The Morgan fingerprint density at radius 2 is 2.16 bits per heavy atom. The molecule has 7 heteroatoms. The van der Waals surface area contributed by atoms with E-state index >= 15 is 0 Å². The second-order valence-corrected chi connectivity index (χ2v) is 6.47. The normalized spacial score (nSPS) is 17.1. The Kier molecular flexibility index (Phi) is 4.60. The summed E-state index contributed by atoms with van der Waals surface area (Å²) >= 11 is 0. The van der Waals surface area contributed by atoms with Crippen LogP contribution in [0, 0.1) is 0 Å². The number of hydrogen-bond acceptors (Lipinski definition) is 5. The fourth-order valence-electron chi connectivity index (χ4n) is 1.85. The van der Waals surface area contributed by atoms with E-state index in [1.54, 1.807) is 19.1 Å². The molecule has 0 bridgehead atoms. The van der Waals surface area contributed by atoms with Crippen molar-refractivity contribution >= 4 is 15.7 Å². The lowest BCUT2D eigenvalue weighted by Crippen LogP contribution is -2.34. The Labute approximate surface area is 113 Å². The molecule has 1 aliphatic heterocycles. The third-order valence-corrected chi connectivity index (χ3v) is 4.27. The smallest absolute Gasteiger partial charge is 0.232 e. The van der Waals surface area contributed by atoms with Crippen molar-refractivity contribution in [1.82, 2.24) is 10.3 Å². The third kappa shape index (κ3) is 4.36. The topological polar surface area (TPSA) is 80.3 Å². The molecule has 1 aromatic rings. The molecule has 0 saturated carbocycles. The molecule has 0 atom stereocenters. The fourth-order valence-corrected chi connectivity index (χ4v) is 2.47. The average Bonchev–Trinajstić information content (AvgIpc) is 2.42. The van der Waals surface area contributed by atoms with E-state index in [1.807, 2.05) is 0 Å². The predicted molar refractivity (Wildman–Crippen MR) is 73.8 cm³/mol. The van der Waals surface area contributed by atoms with Crippen LogP contribution in [0.5, 0.6) is 5.88 Å². The Hall–Kier alpha value is -1.34. The van der Waals surface area contributed by atoms with Crippen LogP contribution in [0.4, 0.5) is 5.69 Å². The number of rotatable bonds is 5.